The molecule has 11 N–H and O–H groups in total. The first-order valence-electron chi connectivity index (χ1n) is 10.4. The number of amides is 3. The summed E-state index contributed by atoms with van der Waals surface area (Å²) < 4.78 is 0. The Morgan fingerprint density at radius 2 is 1.36 bits per heavy atom. The van der Waals surface area contributed by atoms with E-state index in [1.54, 1.807) is 13.8 Å². The first kappa shape index (κ1) is 29.6. The van der Waals surface area contributed by atoms with E-state index in [4.69, 9.17) is 22.3 Å². The molecule has 14 nitrogen and oxygen atoms in total. The number of carbonyl (C=O) groups is 5. The van der Waals surface area contributed by atoms with Gasteiger partial charge in [0.05, 0.1) is 6.04 Å². The molecule has 4 atom stereocenters. The van der Waals surface area contributed by atoms with Gasteiger partial charge in [-0.1, -0.05) is 13.8 Å². The summed E-state index contributed by atoms with van der Waals surface area (Å²) in [5.74, 6) is -5.27. The number of rotatable bonds is 15. The Bertz CT molecular complexity index is 736. The molecule has 0 rings (SSSR count). The quantitative estimate of drug-likeness (QED) is 0.0701. The molecular formula is C19H35N7O7. The van der Waals surface area contributed by atoms with Crippen molar-refractivity contribution in [2.45, 2.75) is 70.6 Å². The number of nitrogens with zero attached hydrogens (tertiary/aromatic N) is 1. The van der Waals surface area contributed by atoms with Gasteiger partial charge >= 0.3 is 11.9 Å². The molecule has 188 valence electrons. The molecule has 0 aliphatic carbocycles. The maximum atomic E-state index is 12.8. The predicted molar refractivity (Wildman–Crippen MR) is 119 cm³/mol. The zero-order chi connectivity index (χ0) is 25.7. The highest BCUT2D eigenvalue weighted by molar-refractivity contribution is 5.94. The van der Waals surface area contributed by atoms with Crippen LogP contribution in [0.5, 0.6) is 0 Å². The normalized spacial score (nSPS) is 14.3. The highest BCUT2D eigenvalue weighted by Gasteiger charge is 2.31. The van der Waals surface area contributed by atoms with Crippen molar-refractivity contribution in [2.24, 2.45) is 28.1 Å². The number of aliphatic imine (C=N–C) groups is 1. The first-order chi connectivity index (χ1) is 15.3. The lowest BCUT2D eigenvalue weighted by Gasteiger charge is -2.25. The Kier molecular flexibility index (Phi) is 13.1. The van der Waals surface area contributed by atoms with Gasteiger partial charge in [-0.25, -0.2) is 4.79 Å². The van der Waals surface area contributed by atoms with Crippen molar-refractivity contribution in [3.05, 3.63) is 0 Å². The molecule has 0 saturated heterocycles. The Labute approximate surface area is 191 Å². The SMILES string of the molecule is CC(C)[C@H](NC(=O)[C@H](CCCN=C(N)N)NC(=O)[C@H](CCC(=O)O)NC(=O)[C@H](C)N)C(=O)O. The highest BCUT2D eigenvalue weighted by Crippen LogP contribution is 2.07. The van der Waals surface area contributed by atoms with Crippen molar-refractivity contribution in [1.82, 2.24) is 16.0 Å². The lowest BCUT2D eigenvalue weighted by atomic mass is 10.0. The topological polar surface area (TPSA) is 252 Å². The van der Waals surface area contributed by atoms with Crippen LogP contribution in [0, 0.1) is 5.92 Å². The molecule has 0 aromatic heterocycles. The van der Waals surface area contributed by atoms with Gasteiger partial charge in [-0.3, -0.25) is 24.2 Å². The van der Waals surface area contributed by atoms with E-state index in [9.17, 15) is 29.1 Å². The van der Waals surface area contributed by atoms with Crippen molar-refractivity contribution in [3.63, 3.8) is 0 Å². The average molecular weight is 474 g/mol. The van der Waals surface area contributed by atoms with Gasteiger partial charge in [-0.2, -0.15) is 0 Å². The molecule has 0 aliphatic rings. The fraction of sp³-hybridized carbons (Fsp3) is 0.684. The number of hydrogen-bond donors (Lipinski definition) is 8. The lowest BCUT2D eigenvalue weighted by Crippen LogP contribution is -2.57. The Balaban J connectivity index is 5.57. The summed E-state index contributed by atoms with van der Waals surface area (Å²) in [4.78, 5) is 63.7. The fourth-order valence-electron chi connectivity index (χ4n) is 2.65. The van der Waals surface area contributed by atoms with Gasteiger partial charge in [0.1, 0.15) is 18.1 Å². The third-order valence-electron chi connectivity index (χ3n) is 4.50. The molecular weight excluding hydrogens is 438 g/mol. The molecule has 0 aromatic carbocycles. The fourth-order valence-corrected chi connectivity index (χ4v) is 2.65. The minimum atomic E-state index is -1.27. The molecule has 0 saturated carbocycles. The van der Waals surface area contributed by atoms with Gasteiger partial charge in [-0.05, 0) is 32.1 Å². The third kappa shape index (κ3) is 12.3. The summed E-state index contributed by atoms with van der Waals surface area (Å²) in [5, 5.41) is 25.4. The molecule has 0 radical (unpaired) electrons. The summed E-state index contributed by atoms with van der Waals surface area (Å²) in [6.07, 6.45) is -0.355. The predicted octanol–water partition coefficient (Wildman–Crippen LogP) is -2.55. The van der Waals surface area contributed by atoms with Crippen molar-refractivity contribution in [1.29, 1.82) is 0 Å². The molecule has 0 aliphatic heterocycles. The number of carbonyl (C=O) groups excluding carboxylic acids is 3. The van der Waals surface area contributed by atoms with Crippen molar-refractivity contribution in [3.8, 4) is 0 Å². The summed E-state index contributed by atoms with van der Waals surface area (Å²) >= 11 is 0. The average Bonchev–Trinajstić information content (AvgIpc) is 2.69. The second-order valence-corrected chi connectivity index (χ2v) is 7.86. The zero-order valence-electron chi connectivity index (χ0n) is 19.0. The Morgan fingerprint density at radius 1 is 0.848 bits per heavy atom. The van der Waals surface area contributed by atoms with E-state index in [2.05, 4.69) is 20.9 Å². The number of nitrogens with two attached hydrogens (primary N) is 3. The van der Waals surface area contributed by atoms with E-state index in [-0.39, 0.29) is 31.8 Å². The van der Waals surface area contributed by atoms with Crippen LogP contribution in [0.15, 0.2) is 4.99 Å². The van der Waals surface area contributed by atoms with Crippen LogP contribution in [-0.4, -0.2) is 76.5 Å². The van der Waals surface area contributed by atoms with E-state index in [0.717, 1.165) is 0 Å². The van der Waals surface area contributed by atoms with Crippen LogP contribution in [0.2, 0.25) is 0 Å². The summed E-state index contributed by atoms with van der Waals surface area (Å²) in [6, 6.07) is -4.61. The van der Waals surface area contributed by atoms with Crippen molar-refractivity contribution in [2.75, 3.05) is 6.54 Å². The largest absolute Gasteiger partial charge is 0.481 e. The second kappa shape index (κ2) is 14.6. The van der Waals surface area contributed by atoms with E-state index in [0.29, 0.717) is 0 Å². The first-order valence-corrected chi connectivity index (χ1v) is 10.4. The van der Waals surface area contributed by atoms with Gasteiger partial charge in [-0.15, -0.1) is 0 Å². The van der Waals surface area contributed by atoms with Gasteiger partial charge < -0.3 is 43.4 Å². The van der Waals surface area contributed by atoms with Crippen LogP contribution in [0.25, 0.3) is 0 Å². The smallest absolute Gasteiger partial charge is 0.326 e. The van der Waals surface area contributed by atoms with Crippen LogP contribution in [-0.2, 0) is 24.0 Å². The maximum Gasteiger partial charge on any atom is 0.326 e. The van der Waals surface area contributed by atoms with E-state index >= 15 is 0 Å². The van der Waals surface area contributed by atoms with Gasteiger partial charge in [0, 0.05) is 13.0 Å². The third-order valence-corrected chi connectivity index (χ3v) is 4.50. The minimum absolute atomic E-state index is 0.0473. The lowest BCUT2D eigenvalue weighted by molar-refractivity contribution is -0.143. The number of aliphatic carboxylic acids is 2. The number of carboxylic acid groups (broad SMARTS) is 2. The van der Waals surface area contributed by atoms with Crippen LogP contribution < -0.4 is 33.2 Å². The molecule has 3 amide bonds. The molecule has 0 bridgehead atoms. The number of nitrogens with one attached hydrogen (secondary N) is 3. The number of hydrogen-bond acceptors (Lipinski definition) is 7. The molecule has 0 fully saturated rings. The second-order valence-electron chi connectivity index (χ2n) is 7.86. The van der Waals surface area contributed by atoms with E-state index in [1.165, 1.54) is 6.92 Å². The van der Waals surface area contributed by atoms with Crippen LogP contribution >= 0.6 is 0 Å². The van der Waals surface area contributed by atoms with Crippen LogP contribution in [0.4, 0.5) is 0 Å². The van der Waals surface area contributed by atoms with Crippen molar-refractivity contribution < 1.29 is 34.2 Å². The van der Waals surface area contributed by atoms with Crippen molar-refractivity contribution >= 4 is 35.6 Å². The van der Waals surface area contributed by atoms with Gasteiger partial charge in [0.15, 0.2) is 5.96 Å². The molecule has 33 heavy (non-hydrogen) atoms. The summed E-state index contributed by atoms with van der Waals surface area (Å²) in [7, 11) is 0. The molecule has 0 heterocycles. The maximum absolute atomic E-state index is 12.8. The van der Waals surface area contributed by atoms with Gasteiger partial charge in [0.25, 0.3) is 0 Å². The minimum Gasteiger partial charge on any atom is -0.481 e. The van der Waals surface area contributed by atoms with Crippen LogP contribution in [0.1, 0.15) is 46.5 Å². The zero-order valence-corrected chi connectivity index (χ0v) is 19.0. The number of guanidine groups is 1. The molecule has 0 unspecified atom stereocenters. The Morgan fingerprint density at radius 3 is 1.82 bits per heavy atom. The number of carboxylic acids is 2. The van der Waals surface area contributed by atoms with Gasteiger partial charge in [0.2, 0.25) is 17.7 Å². The molecule has 14 heteroatoms. The summed E-state index contributed by atoms with van der Waals surface area (Å²) in [6.45, 7) is 4.76. The molecule has 0 spiro atoms. The highest BCUT2D eigenvalue weighted by atomic mass is 16.4. The van der Waals surface area contributed by atoms with E-state index in [1.807, 2.05) is 0 Å². The van der Waals surface area contributed by atoms with Crippen LogP contribution in [0.3, 0.4) is 0 Å². The Hall–Kier alpha value is -3.42. The molecule has 0 aromatic rings. The summed E-state index contributed by atoms with van der Waals surface area (Å²) in [5.41, 5.74) is 16.0. The standard InChI is InChI=1S/C19H35N7O7/c1-9(2)14(18(32)33)26-17(31)11(5-4-8-23-19(21)22)25-16(30)12(6-7-13(27)28)24-15(29)10(3)20/h9-12,14H,4-8,20H2,1-3H3,(H,24,29)(H,25,30)(H,26,31)(H,27,28)(H,32,33)(H4,21,22,23)/t10-,11-,12-,14-/m0/s1. The monoisotopic (exact) mass is 473 g/mol. The van der Waals surface area contributed by atoms with E-state index < -0.39 is 66.2 Å².